The van der Waals surface area contributed by atoms with Gasteiger partial charge in [-0.3, -0.25) is 4.90 Å². The zero-order valence-corrected chi connectivity index (χ0v) is 16.3. The van der Waals surface area contributed by atoms with E-state index in [1.165, 1.54) is 15.8 Å². The average Bonchev–Trinajstić information content (AvgIpc) is 2.98. The number of ether oxygens (including phenoxy) is 2. The van der Waals surface area contributed by atoms with E-state index in [1.807, 2.05) is 12.1 Å². The molecule has 0 bridgehead atoms. The van der Waals surface area contributed by atoms with Crippen LogP contribution < -0.4 is 9.47 Å². The third kappa shape index (κ3) is 3.99. The lowest BCUT2D eigenvalue weighted by Crippen LogP contribution is -2.25. The summed E-state index contributed by atoms with van der Waals surface area (Å²) in [6, 6.07) is 15.3. The van der Waals surface area contributed by atoms with Crippen LogP contribution in [0.1, 0.15) is 16.0 Å². The van der Waals surface area contributed by atoms with Gasteiger partial charge in [0.2, 0.25) is 0 Å². The highest BCUT2D eigenvalue weighted by Crippen LogP contribution is 2.40. The molecule has 0 atom stereocenters. The molecule has 0 saturated heterocycles. The van der Waals surface area contributed by atoms with Gasteiger partial charge in [-0.05, 0) is 54.4 Å². The Hall–Kier alpha value is -2.37. The number of benzene rings is 2. The molecule has 0 amide bonds. The highest BCUT2D eigenvalue weighted by molar-refractivity contribution is 7.15. The van der Waals surface area contributed by atoms with Gasteiger partial charge in [-0.15, -0.1) is 11.3 Å². The number of aryl methyl sites for hydroxylation is 1. The van der Waals surface area contributed by atoms with Gasteiger partial charge in [0.1, 0.15) is 12.4 Å². The van der Waals surface area contributed by atoms with Crippen molar-refractivity contribution in [2.24, 2.45) is 0 Å². The number of nitrogens with zero attached hydrogens (tertiary/aromatic N) is 1. The summed E-state index contributed by atoms with van der Waals surface area (Å²) in [5.74, 6) is 1.38. The molecule has 0 N–H and O–H groups in total. The minimum absolute atomic E-state index is 0.198. The summed E-state index contributed by atoms with van der Waals surface area (Å²) in [6.07, 6.45) is 0. The Bertz CT molecular complexity index is 953. The van der Waals surface area contributed by atoms with E-state index in [0.717, 1.165) is 41.3 Å². The SMILES string of the molecule is COc1cc(-c2ccc(C)s2)cc2c1OCCN(Cc1cccc(F)c1)C2. The topological polar surface area (TPSA) is 21.7 Å². The van der Waals surface area contributed by atoms with Gasteiger partial charge >= 0.3 is 0 Å². The predicted molar refractivity (Wildman–Crippen MR) is 107 cm³/mol. The average molecular weight is 383 g/mol. The van der Waals surface area contributed by atoms with Crippen molar-refractivity contribution >= 4 is 11.3 Å². The first-order valence-corrected chi connectivity index (χ1v) is 9.81. The molecule has 0 saturated carbocycles. The van der Waals surface area contributed by atoms with Crippen molar-refractivity contribution in [1.29, 1.82) is 0 Å². The molecule has 0 unspecified atom stereocenters. The van der Waals surface area contributed by atoms with Crippen LogP contribution in [0.5, 0.6) is 11.5 Å². The number of thiophene rings is 1. The molecule has 0 fully saturated rings. The van der Waals surface area contributed by atoms with E-state index in [9.17, 15) is 4.39 Å². The maximum Gasteiger partial charge on any atom is 0.165 e. The lowest BCUT2D eigenvalue weighted by Gasteiger charge is -2.20. The molecule has 0 radical (unpaired) electrons. The van der Waals surface area contributed by atoms with Crippen LogP contribution in [-0.4, -0.2) is 25.2 Å². The molecular weight excluding hydrogens is 361 g/mol. The molecule has 4 rings (SSSR count). The van der Waals surface area contributed by atoms with Crippen LogP contribution in [0, 0.1) is 12.7 Å². The fraction of sp³-hybridized carbons (Fsp3) is 0.273. The summed E-state index contributed by atoms with van der Waals surface area (Å²) in [4.78, 5) is 4.78. The minimum atomic E-state index is -0.198. The van der Waals surface area contributed by atoms with E-state index >= 15 is 0 Å². The summed E-state index contributed by atoms with van der Waals surface area (Å²) < 4.78 is 25.2. The first-order chi connectivity index (χ1) is 13.1. The Morgan fingerprint density at radius 1 is 1.19 bits per heavy atom. The normalized spacial score (nSPS) is 14.3. The van der Waals surface area contributed by atoms with Crippen LogP contribution in [0.15, 0.2) is 48.5 Å². The van der Waals surface area contributed by atoms with Crippen LogP contribution in [0.3, 0.4) is 0 Å². The van der Waals surface area contributed by atoms with E-state index in [1.54, 1.807) is 30.6 Å². The van der Waals surface area contributed by atoms with Crippen molar-refractivity contribution < 1.29 is 13.9 Å². The van der Waals surface area contributed by atoms with Crippen molar-refractivity contribution in [3.8, 4) is 21.9 Å². The number of hydrogen-bond donors (Lipinski definition) is 0. The molecule has 27 heavy (non-hydrogen) atoms. The van der Waals surface area contributed by atoms with Gasteiger partial charge in [-0.1, -0.05) is 12.1 Å². The Morgan fingerprint density at radius 2 is 2.07 bits per heavy atom. The zero-order chi connectivity index (χ0) is 18.8. The third-order valence-electron chi connectivity index (χ3n) is 4.72. The predicted octanol–water partition coefficient (Wildman–Crippen LogP) is 5.27. The Morgan fingerprint density at radius 3 is 2.81 bits per heavy atom. The molecule has 1 aliphatic heterocycles. The first-order valence-electron chi connectivity index (χ1n) is 8.99. The Balaban J connectivity index is 1.66. The molecule has 0 spiro atoms. The summed E-state index contributed by atoms with van der Waals surface area (Å²) in [6.45, 7) is 4.89. The lowest BCUT2D eigenvalue weighted by atomic mass is 10.1. The van der Waals surface area contributed by atoms with Crippen LogP contribution in [0.2, 0.25) is 0 Å². The van der Waals surface area contributed by atoms with E-state index < -0.39 is 0 Å². The molecule has 2 aromatic carbocycles. The van der Waals surface area contributed by atoms with Gasteiger partial charge in [-0.25, -0.2) is 4.39 Å². The number of methoxy groups -OCH3 is 1. The lowest BCUT2D eigenvalue weighted by molar-refractivity contribution is 0.216. The van der Waals surface area contributed by atoms with Crippen molar-refractivity contribution in [3.05, 3.63) is 70.4 Å². The minimum Gasteiger partial charge on any atom is -0.493 e. The fourth-order valence-corrected chi connectivity index (χ4v) is 4.30. The molecule has 1 aliphatic rings. The largest absolute Gasteiger partial charge is 0.493 e. The highest BCUT2D eigenvalue weighted by Gasteiger charge is 2.21. The molecule has 140 valence electrons. The highest BCUT2D eigenvalue weighted by atomic mass is 32.1. The van der Waals surface area contributed by atoms with Gasteiger partial charge in [-0.2, -0.15) is 0 Å². The van der Waals surface area contributed by atoms with E-state index in [2.05, 4.69) is 30.0 Å². The Kier molecular flexibility index (Phi) is 5.14. The van der Waals surface area contributed by atoms with Crippen molar-refractivity contribution in [1.82, 2.24) is 4.90 Å². The van der Waals surface area contributed by atoms with Crippen LogP contribution in [0.25, 0.3) is 10.4 Å². The van der Waals surface area contributed by atoms with Crippen molar-refractivity contribution in [2.45, 2.75) is 20.0 Å². The molecule has 5 heteroatoms. The van der Waals surface area contributed by atoms with Crippen LogP contribution in [-0.2, 0) is 13.1 Å². The van der Waals surface area contributed by atoms with E-state index in [4.69, 9.17) is 9.47 Å². The monoisotopic (exact) mass is 383 g/mol. The summed E-state index contributed by atoms with van der Waals surface area (Å²) >= 11 is 1.77. The van der Waals surface area contributed by atoms with Gasteiger partial charge in [0.15, 0.2) is 11.5 Å². The van der Waals surface area contributed by atoms with Crippen molar-refractivity contribution in [2.75, 3.05) is 20.3 Å². The number of hydrogen-bond acceptors (Lipinski definition) is 4. The second-order valence-electron chi connectivity index (χ2n) is 6.77. The third-order valence-corrected chi connectivity index (χ3v) is 5.77. The molecule has 1 aromatic heterocycles. The van der Waals surface area contributed by atoms with Crippen LogP contribution >= 0.6 is 11.3 Å². The molecule has 0 aliphatic carbocycles. The van der Waals surface area contributed by atoms with Crippen LogP contribution in [0.4, 0.5) is 4.39 Å². The summed E-state index contributed by atoms with van der Waals surface area (Å²) in [7, 11) is 1.68. The maximum atomic E-state index is 13.5. The van der Waals surface area contributed by atoms with E-state index in [-0.39, 0.29) is 5.82 Å². The Labute approximate surface area is 163 Å². The molecular formula is C22H22FNO2S. The van der Waals surface area contributed by atoms with Gasteiger partial charge in [0.05, 0.1) is 7.11 Å². The second-order valence-corrected chi connectivity index (χ2v) is 8.05. The summed E-state index contributed by atoms with van der Waals surface area (Å²) in [5.41, 5.74) is 3.21. The number of fused-ring (bicyclic) bond motifs is 1. The smallest absolute Gasteiger partial charge is 0.165 e. The molecule has 3 nitrogen and oxygen atoms in total. The maximum absolute atomic E-state index is 13.5. The van der Waals surface area contributed by atoms with Gasteiger partial charge in [0.25, 0.3) is 0 Å². The first kappa shape index (κ1) is 18.0. The van der Waals surface area contributed by atoms with E-state index in [0.29, 0.717) is 13.2 Å². The summed E-state index contributed by atoms with van der Waals surface area (Å²) in [5, 5.41) is 0. The number of halogens is 1. The zero-order valence-electron chi connectivity index (χ0n) is 15.5. The molecule has 3 aromatic rings. The standard InChI is InChI=1S/C22H22FNO2S/c1-15-6-7-21(27-15)17-11-18-14-24(13-16-4-3-5-19(23)10-16)8-9-26-22(18)20(12-17)25-2/h3-7,10-12H,8-9,13-14H2,1-2H3. The fourth-order valence-electron chi connectivity index (χ4n) is 3.45. The van der Waals surface area contributed by atoms with Crippen molar-refractivity contribution in [3.63, 3.8) is 0 Å². The molecule has 2 heterocycles. The number of rotatable bonds is 4. The van der Waals surface area contributed by atoms with Gasteiger partial charge < -0.3 is 9.47 Å². The quantitative estimate of drug-likeness (QED) is 0.613. The van der Waals surface area contributed by atoms with Gasteiger partial charge in [0, 0.05) is 35.0 Å². The second kappa shape index (κ2) is 7.71.